The van der Waals surface area contributed by atoms with Crippen molar-refractivity contribution < 1.29 is 4.74 Å². The molecule has 0 aromatic heterocycles. The zero-order valence-electron chi connectivity index (χ0n) is 17.9. The molecule has 1 aliphatic rings. The van der Waals surface area contributed by atoms with Gasteiger partial charge in [-0.3, -0.25) is 9.89 Å². The van der Waals surface area contributed by atoms with Crippen LogP contribution in [0.1, 0.15) is 36.5 Å². The SMILES string of the molecule is CN=C(NCc1cccc(COC)c1)NC1CCN(Cc2ccccc2)C(C)C1. The molecule has 1 aliphatic heterocycles. The first-order valence-electron chi connectivity index (χ1n) is 10.5. The first kappa shape index (κ1) is 21.3. The zero-order valence-corrected chi connectivity index (χ0v) is 17.9. The molecule has 156 valence electrons. The van der Waals surface area contributed by atoms with E-state index in [9.17, 15) is 0 Å². The maximum absolute atomic E-state index is 5.23. The highest BCUT2D eigenvalue weighted by Crippen LogP contribution is 2.20. The first-order chi connectivity index (χ1) is 14.2. The highest BCUT2D eigenvalue weighted by Gasteiger charge is 2.25. The average Bonchev–Trinajstić information content (AvgIpc) is 2.74. The largest absolute Gasteiger partial charge is 0.380 e. The van der Waals surface area contributed by atoms with Crippen LogP contribution in [0.4, 0.5) is 0 Å². The fourth-order valence-electron chi connectivity index (χ4n) is 3.97. The number of guanidine groups is 1. The predicted octanol–water partition coefficient (Wildman–Crippen LogP) is 3.55. The normalized spacial score (nSPS) is 20.4. The summed E-state index contributed by atoms with van der Waals surface area (Å²) in [7, 11) is 3.56. The van der Waals surface area contributed by atoms with Gasteiger partial charge in [0.05, 0.1) is 6.61 Å². The highest BCUT2D eigenvalue weighted by atomic mass is 16.5. The lowest BCUT2D eigenvalue weighted by atomic mass is 9.97. The van der Waals surface area contributed by atoms with Gasteiger partial charge in [-0.25, -0.2) is 0 Å². The van der Waals surface area contributed by atoms with Crippen molar-refractivity contribution >= 4 is 5.96 Å². The quantitative estimate of drug-likeness (QED) is 0.557. The summed E-state index contributed by atoms with van der Waals surface area (Å²) >= 11 is 0. The molecule has 0 radical (unpaired) electrons. The minimum Gasteiger partial charge on any atom is -0.380 e. The van der Waals surface area contributed by atoms with Crippen molar-refractivity contribution in [2.45, 2.75) is 51.5 Å². The van der Waals surface area contributed by atoms with Crippen molar-refractivity contribution in [1.29, 1.82) is 0 Å². The summed E-state index contributed by atoms with van der Waals surface area (Å²) in [5.74, 6) is 0.871. The van der Waals surface area contributed by atoms with Crippen molar-refractivity contribution in [3.8, 4) is 0 Å². The third kappa shape index (κ3) is 6.58. The standard InChI is InChI=1S/C24H34N4O/c1-19-14-23(12-13-28(19)17-20-8-5-4-6-9-20)27-24(25-2)26-16-21-10-7-11-22(15-21)18-29-3/h4-11,15,19,23H,12-14,16-18H2,1-3H3,(H2,25,26,27). The number of aliphatic imine (C=N–C) groups is 1. The molecule has 0 aliphatic carbocycles. The lowest BCUT2D eigenvalue weighted by Gasteiger charge is -2.38. The Morgan fingerprint density at radius 2 is 1.86 bits per heavy atom. The van der Waals surface area contributed by atoms with Crippen LogP contribution in [0.2, 0.25) is 0 Å². The van der Waals surface area contributed by atoms with Crippen LogP contribution in [0.3, 0.4) is 0 Å². The van der Waals surface area contributed by atoms with E-state index in [0.717, 1.165) is 38.4 Å². The second kappa shape index (κ2) is 11.0. The molecular weight excluding hydrogens is 360 g/mol. The maximum atomic E-state index is 5.23. The van der Waals surface area contributed by atoms with Gasteiger partial charge in [0, 0.05) is 45.9 Å². The van der Waals surface area contributed by atoms with E-state index in [1.807, 2.05) is 7.05 Å². The predicted molar refractivity (Wildman–Crippen MR) is 120 cm³/mol. The lowest BCUT2D eigenvalue weighted by Crippen LogP contribution is -2.51. The van der Waals surface area contributed by atoms with Crippen LogP contribution < -0.4 is 10.6 Å². The molecule has 1 saturated heterocycles. The number of hydrogen-bond donors (Lipinski definition) is 2. The number of hydrogen-bond acceptors (Lipinski definition) is 3. The molecule has 0 spiro atoms. The Kier molecular flexibility index (Phi) is 8.08. The third-order valence-electron chi connectivity index (χ3n) is 5.57. The van der Waals surface area contributed by atoms with Crippen LogP contribution in [0.5, 0.6) is 0 Å². The monoisotopic (exact) mass is 394 g/mol. The number of nitrogens with zero attached hydrogens (tertiary/aromatic N) is 2. The molecule has 0 amide bonds. The summed E-state index contributed by atoms with van der Waals surface area (Å²) in [5, 5.41) is 7.07. The summed E-state index contributed by atoms with van der Waals surface area (Å²) in [6.45, 7) is 5.84. The molecule has 2 atom stereocenters. The van der Waals surface area contributed by atoms with Crippen LogP contribution in [0.15, 0.2) is 59.6 Å². The number of rotatable bonds is 7. The molecule has 0 saturated carbocycles. The van der Waals surface area contributed by atoms with Gasteiger partial charge in [-0.1, -0.05) is 54.6 Å². The molecule has 2 aromatic rings. The molecular formula is C24H34N4O. The van der Waals surface area contributed by atoms with Crippen molar-refractivity contribution in [3.63, 3.8) is 0 Å². The summed E-state index contributed by atoms with van der Waals surface area (Å²) in [6.07, 6.45) is 2.25. The van der Waals surface area contributed by atoms with Gasteiger partial charge in [0.2, 0.25) is 0 Å². The number of benzene rings is 2. The van der Waals surface area contributed by atoms with E-state index >= 15 is 0 Å². The topological polar surface area (TPSA) is 48.9 Å². The van der Waals surface area contributed by atoms with Crippen molar-refractivity contribution in [2.24, 2.45) is 4.99 Å². The molecule has 1 fully saturated rings. The molecule has 5 nitrogen and oxygen atoms in total. The van der Waals surface area contributed by atoms with E-state index in [1.165, 1.54) is 16.7 Å². The van der Waals surface area contributed by atoms with E-state index in [-0.39, 0.29) is 0 Å². The van der Waals surface area contributed by atoms with Crippen LogP contribution in [-0.4, -0.2) is 43.6 Å². The van der Waals surface area contributed by atoms with Gasteiger partial charge in [0.25, 0.3) is 0 Å². The van der Waals surface area contributed by atoms with Crippen molar-refractivity contribution in [1.82, 2.24) is 15.5 Å². The Morgan fingerprint density at radius 3 is 2.59 bits per heavy atom. The van der Waals surface area contributed by atoms with Crippen molar-refractivity contribution in [3.05, 3.63) is 71.3 Å². The minimum atomic E-state index is 0.447. The fourth-order valence-corrected chi connectivity index (χ4v) is 3.97. The Hall–Kier alpha value is -2.37. The molecule has 0 bridgehead atoms. The molecule has 2 N–H and O–H groups in total. The fraction of sp³-hybridized carbons (Fsp3) is 0.458. The zero-order chi connectivity index (χ0) is 20.5. The van der Waals surface area contributed by atoms with Gasteiger partial charge in [-0.15, -0.1) is 0 Å². The highest BCUT2D eigenvalue weighted by molar-refractivity contribution is 5.79. The molecule has 5 heteroatoms. The summed E-state index contributed by atoms with van der Waals surface area (Å²) in [6, 6.07) is 20.2. The number of likely N-dealkylation sites (tertiary alicyclic amines) is 1. The lowest BCUT2D eigenvalue weighted by molar-refractivity contribution is 0.134. The summed E-state index contributed by atoms with van der Waals surface area (Å²) < 4.78 is 5.23. The van der Waals surface area contributed by atoms with Gasteiger partial charge in [0.15, 0.2) is 5.96 Å². The van der Waals surface area contributed by atoms with Gasteiger partial charge in [-0.05, 0) is 36.5 Å². The molecule has 2 unspecified atom stereocenters. The van der Waals surface area contributed by atoms with E-state index in [0.29, 0.717) is 18.7 Å². The van der Waals surface area contributed by atoms with Gasteiger partial charge in [0.1, 0.15) is 0 Å². The second-order valence-electron chi connectivity index (χ2n) is 7.85. The summed E-state index contributed by atoms with van der Waals surface area (Å²) in [5.41, 5.74) is 3.81. The Bertz CT molecular complexity index is 777. The molecule has 2 aromatic carbocycles. The van der Waals surface area contributed by atoms with Crippen LogP contribution in [0.25, 0.3) is 0 Å². The Labute approximate surface area is 175 Å². The van der Waals surface area contributed by atoms with E-state index in [2.05, 4.69) is 82.0 Å². The minimum absolute atomic E-state index is 0.447. The second-order valence-corrected chi connectivity index (χ2v) is 7.85. The van der Waals surface area contributed by atoms with Crippen LogP contribution >= 0.6 is 0 Å². The van der Waals surface area contributed by atoms with Crippen LogP contribution in [-0.2, 0) is 24.4 Å². The Balaban J connectivity index is 1.47. The van der Waals surface area contributed by atoms with E-state index in [1.54, 1.807) is 7.11 Å². The van der Waals surface area contributed by atoms with Gasteiger partial charge >= 0.3 is 0 Å². The number of piperidine rings is 1. The van der Waals surface area contributed by atoms with E-state index in [4.69, 9.17) is 4.74 Å². The smallest absolute Gasteiger partial charge is 0.191 e. The average molecular weight is 395 g/mol. The van der Waals surface area contributed by atoms with Crippen LogP contribution in [0, 0.1) is 0 Å². The number of methoxy groups -OCH3 is 1. The number of nitrogens with one attached hydrogen (secondary N) is 2. The number of ether oxygens (including phenoxy) is 1. The third-order valence-corrected chi connectivity index (χ3v) is 5.57. The molecule has 29 heavy (non-hydrogen) atoms. The Morgan fingerprint density at radius 1 is 1.10 bits per heavy atom. The van der Waals surface area contributed by atoms with Gasteiger partial charge in [-0.2, -0.15) is 0 Å². The first-order valence-corrected chi connectivity index (χ1v) is 10.5. The maximum Gasteiger partial charge on any atom is 0.191 e. The van der Waals surface area contributed by atoms with Gasteiger partial charge < -0.3 is 15.4 Å². The van der Waals surface area contributed by atoms with Crippen molar-refractivity contribution in [2.75, 3.05) is 20.7 Å². The molecule has 3 rings (SSSR count). The van der Waals surface area contributed by atoms with E-state index < -0.39 is 0 Å². The molecule has 1 heterocycles. The summed E-state index contributed by atoms with van der Waals surface area (Å²) in [4.78, 5) is 7.00.